The highest BCUT2D eigenvalue weighted by Gasteiger charge is 2.62. The number of aliphatic hydroxyl groups is 1. The Morgan fingerprint density at radius 3 is 2.53 bits per heavy atom. The number of rotatable bonds is 4. The monoisotopic (exact) mass is 236 g/mol. The fourth-order valence-electron chi connectivity index (χ4n) is 4.08. The summed E-state index contributed by atoms with van der Waals surface area (Å²) in [4.78, 5) is 11.7. The lowest BCUT2D eigenvalue weighted by molar-refractivity contribution is -0.116. The van der Waals surface area contributed by atoms with Crippen LogP contribution in [0.1, 0.15) is 52.9 Å². The molecule has 1 N–H and O–H groups in total. The molecule has 0 unspecified atom stereocenters. The van der Waals surface area contributed by atoms with Crippen molar-refractivity contribution in [1.29, 1.82) is 0 Å². The molecule has 2 rings (SSSR count). The summed E-state index contributed by atoms with van der Waals surface area (Å²) in [6.45, 7) is 9.97. The van der Waals surface area contributed by atoms with E-state index in [0.717, 1.165) is 19.3 Å². The first-order valence-electron chi connectivity index (χ1n) is 6.68. The van der Waals surface area contributed by atoms with Gasteiger partial charge in [0.2, 0.25) is 0 Å². The number of carbonyl (C=O) groups excluding carboxylic acids is 1. The molecule has 2 fully saturated rings. The molecule has 0 radical (unpaired) electrons. The van der Waals surface area contributed by atoms with Crippen molar-refractivity contribution in [3.8, 4) is 0 Å². The highest BCUT2D eigenvalue weighted by Crippen LogP contribution is 2.67. The van der Waals surface area contributed by atoms with Gasteiger partial charge in [-0.2, -0.15) is 0 Å². The predicted octanol–water partition coefficient (Wildman–Crippen LogP) is 3.10. The standard InChI is InChI=1S/C15H24O2/c1-10(2)12(16)6-8-14(3)11-5-7-15(14,4)13(17)9-11/h11,13,17H,1,5-9H2,2-4H3/t11-,13-,14-,15+/m1/s1. The smallest absolute Gasteiger partial charge is 0.158 e. The highest BCUT2D eigenvalue weighted by molar-refractivity contribution is 5.94. The molecule has 2 aliphatic carbocycles. The van der Waals surface area contributed by atoms with Crippen molar-refractivity contribution in [2.75, 3.05) is 0 Å². The maximum Gasteiger partial charge on any atom is 0.158 e. The molecule has 0 aromatic heterocycles. The van der Waals surface area contributed by atoms with Crippen molar-refractivity contribution in [2.24, 2.45) is 16.7 Å². The molecule has 2 bridgehead atoms. The van der Waals surface area contributed by atoms with Gasteiger partial charge in [-0.05, 0) is 54.9 Å². The van der Waals surface area contributed by atoms with Crippen LogP contribution in [-0.2, 0) is 4.79 Å². The molecule has 2 heteroatoms. The lowest BCUT2D eigenvalue weighted by atomic mass is 9.66. The average Bonchev–Trinajstić information content (AvgIpc) is 2.61. The quantitative estimate of drug-likeness (QED) is 0.762. The van der Waals surface area contributed by atoms with Crippen molar-refractivity contribution in [3.63, 3.8) is 0 Å². The average molecular weight is 236 g/mol. The summed E-state index contributed by atoms with van der Waals surface area (Å²) in [6.07, 6.45) is 4.56. The molecule has 0 amide bonds. The third kappa shape index (κ3) is 1.69. The summed E-state index contributed by atoms with van der Waals surface area (Å²) in [5, 5.41) is 10.2. The van der Waals surface area contributed by atoms with Crippen LogP contribution in [0.25, 0.3) is 0 Å². The van der Waals surface area contributed by atoms with Crippen molar-refractivity contribution in [3.05, 3.63) is 12.2 Å². The van der Waals surface area contributed by atoms with Gasteiger partial charge in [-0.25, -0.2) is 0 Å². The predicted molar refractivity (Wildman–Crippen MR) is 68.6 cm³/mol. The summed E-state index contributed by atoms with van der Waals surface area (Å²) in [5.74, 6) is 0.774. The van der Waals surface area contributed by atoms with Gasteiger partial charge in [0.05, 0.1) is 6.10 Å². The van der Waals surface area contributed by atoms with E-state index >= 15 is 0 Å². The highest BCUT2D eigenvalue weighted by atomic mass is 16.3. The SMILES string of the molecule is C=C(C)C(=O)CC[C@]1(C)[C@@H]2CC[C@@]1(C)[C@H](O)C2. The zero-order valence-corrected chi connectivity index (χ0v) is 11.3. The Morgan fingerprint density at radius 1 is 1.47 bits per heavy atom. The van der Waals surface area contributed by atoms with Crippen LogP contribution in [0.2, 0.25) is 0 Å². The Morgan fingerprint density at radius 2 is 2.12 bits per heavy atom. The van der Waals surface area contributed by atoms with Crippen LogP contribution < -0.4 is 0 Å². The molecule has 4 atom stereocenters. The second kappa shape index (κ2) is 3.94. The molecule has 0 heterocycles. The minimum absolute atomic E-state index is 0.0209. The molecule has 0 aliphatic heterocycles. The minimum Gasteiger partial charge on any atom is -0.393 e. The molecule has 0 aromatic rings. The van der Waals surface area contributed by atoms with Crippen LogP contribution in [0.3, 0.4) is 0 Å². The normalized spacial score (nSPS) is 44.0. The van der Waals surface area contributed by atoms with Gasteiger partial charge in [0.25, 0.3) is 0 Å². The molecule has 0 spiro atoms. The van der Waals surface area contributed by atoms with Gasteiger partial charge < -0.3 is 5.11 Å². The summed E-state index contributed by atoms with van der Waals surface area (Å²) in [6, 6.07) is 0. The molecular weight excluding hydrogens is 212 g/mol. The lowest BCUT2D eigenvalue weighted by Crippen LogP contribution is -2.37. The summed E-state index contributed by atoms with van der Waals surface area (Å²) < 4.78 is 0. The summed E-state index contributed by atoms with van der Waals surface area (Å²) >= 11 is 0. The fraction of sp³-hybridized carbons (Fsp3) is 0.800. The summed E-state index contributed by atoms with van der Waals surface area (Å²) in [5.41, 5.74) is 0.814. The molecule has 2 nitrogen and oxygen atoms in total. The van der Waals surface area contributed by atoms with Crippen LogP contribution in [0.4, 0.5) is 0 Å². The zero-order chi connectivity index (χ0) is 12.8. The van der Waals surface area contributed by atoms with Crippen molar-refractivity contribution < 1.29 is 9.90 Å². The van der Waals surface area contributed by atoms with Crippen LogP contribution in [0, 0.1) is 16.7 Å². The van der Waals surface area contributed by atoms with E-state index < -0.39 is 0 Å². The van der Waals surface area contributed by atoms with Crippen LogP contribution >= 0.6 is 0 Å². The van der Waals surface area contributed by atoms with Gasteiger partial charge in [-0.1, -0.05) is 20.4 Å². The maximum absolute atomic E-state index is 11.7. The molecular formula is C15H24O2. The number of ketones is 1. The van der Waals surface area contributed by atoms with E-state index in [1.54, 1.807) is 6.92 Å². The molecule has 0 saturated heterocycles. The Labute approximate surface area is 104 Å². The zero-order valence-electron chi connectivity index (χ0n) is 11.3. The van der Waals surface area contributed by atoms with Gasteiger partial charge in [0.15, 0.2) is 5.78 Å². The second-order valence-electron chi connectivity index (χ2n) is 6.53. The largest absolute Gasteiger partial charge is 0.393 e. The topological polar surface area (TPSA) is 37.3 Å². The number of allylic oxidation sites excluding steroid dienone is 1. The number of Topliss-reactive ketones (excluding diaryl/α,β-unsaturated/α-hetero) is 1. The van der Waals surface area contributed by atoms with E-state index in [0.29, 0.717) is 17.9 Å². The Kier molecular flexibility index (Phi) is 2.97. The van der Waals surface area contributed by atoms with Crippen molar-refractivity contribution >= 4 is 5.78 Å². The lowest BCUT2D eigenvalue weighted by Gasteiger charge is -2.40. The number of hydrogen-bond donors (Lipinski definition) is 1. The van der Waals surface area contributed by atoms with Crippen LogP contribution in [0.5, 0.6) is 0 Å². The summed E-state index contributed by atoms with van der Waals surface area (Å²) in [7, 11) is 0. The molecule has 96 valence electrons. The maximum atomic E-state index is 11.7. The number of hydrogen-bond acceptors (Lipinski definition) is 2. The van der Waals surface area contributed by atoms with Crippen molar-refractivity contribution in [1.82, 2.24) is 0 Å². The third-order valence-corrected chi connectivity index (χ3v) is 5.81. The second-order valence-corrected chi connectivity index (χ2v) is 6.53. The first-order chi connectivity index (χ1) is 7.81. The first-order valence-corrected chi connectivity index (χ1v) is 6.68. The fourth-order valence-corrected chi connectivity index (χ4v) is 4.08. The van der Waals surface area contributed by atoms with Gasteiger partial charge in [-0.15, -0.1) is 0 Å². The van der Waals surface area contributed by atoms with E-state index in [1.807, 2.05) is 0 Å². The van der Waals surface area contributed by atoms with Gasteiger partial charge in [-0.3, -0.25) is 4.79 Å². The Bertz CT molecular complexity index is 360. The van der Waals surface area contributed by atoms with Crippen molar-refractivity contribution in [2.45, 2.75) is 59.0 Å². The van der Waals surface area contributed by atoms with E-state index in [2.05, 4.69) is 20.4 Å². The number of aliphatic hydroxyl groups excluding tert-OH is 1. The number of fused-ring (bicyclic) bond motifs is 2. The van der Waals surface area contributed by atoms with E-state index in [4.69, 9.17) is 0 Å². The first kappa shape index (κ1) is 12.8. The third-order valence-electron chi connectivity index (χ3n) is 5.81. The van der Waals surface area contributed by atoms with Gasteiger partial charge >= 0.3 is 0 Å². The Balaban J connectivity index is 2.10. The molecule has 17 heavy (non-hydrogen) atoms. The van der Waals surface area contributed by atoms with Crippen LogP contribution in [0.15, 0.2) is 12.2 Å². The van der Waals surface area contributed by atoms with Gasteiger partial charge in [0, 0.05) is 6.42 Å². The molecule has 2 saturated carbocycles. The van der Waals surface area contributed by atoms with E-state index in [9.17, 15) is 9.90 Å². The van der Waals surface area contributed by atoms with Crippen LogP contribution in [-0.4, -0.2) is 17.0 Å². The number of carbonyl (C=O) groups is 1. The molecule has 0 aromatic carbocycles. The van der Waals surface area contributed by atoms with E-state index in [1.165, 1.54) is 6.42 Å². The Hall–Kier alpha value is -0.630. The van der Waals surface area contributed by atoms with Gasteiger partial charge in [0.1, 0.15) is 0 Å². The molecule has 2 aliphatic rings. The minimum atomic E-state index is -0.175. The van der Waals surface area contributed by atoms with E-state index in [-0.39, 0.29) is 22.7 Å².